The normalized spacial score (nSPS) is 16.9. The van der Waals surface area contributed by atoms with Crippen LogP contribution in [-0.2, 0) is 16.0 Å². The molecule has 3 aromatic carbocycles. The highest BCUT2D eigenvalue weighted by Gasteiger charge is 2.35. The van der Waals surface area contributed by atoms with Crippen LogP contribution in [0.1, 0.15) is 18.9 Å². The van der Waals surface area contributed by atoms with Gasteiger partial charge in [-0.1, -0.05) is 48.2 Å². The lowest BCUT2D eigenvalue weighted by Gasteiger charge is -2.32. The number of hydrogen-bond donors (Lipinski definition) is 1. The van der Waals surface area contributed by atoms with Crippen LogP contribution < -0.4 is 10.1 Å². The highest BCUT2D eigenvalue weighted by atomic mass is 32.2. The van der Waals surface area contributed by atoms with E-state index in [4.69, 9.17) is 4.74 Å². The molecule has 1 aliphatic rings. The number of ether oxygens (including phenoxy) is 1. The molecular weight excluding hydrogens is 465 g/mol. The Kier molecular flexibility index (Phi) is 8.15. The monoisotopic (exact) mass is 491 g/mol. The lowest BCUT2D eigenvalue weighted by atomic mass is 10.1. The van der Waals surface area contributed by atoms with Crippen molar-refractivity contribution < 1.29 is 18.7 Å². The van der Waals surface area contributed by atoms with Crippen molar-refractivity contribution in [3.8, 4) is 5.75 Å². The van der Waals surface area contributed by atoms with Gasteiger partial charge in [0.1, 0.15) is 16.8 Å². The Bertz CT molecular complexity index is 1200. The molecule has 0 aromatic heterocycles. The molecule has 4 rings (SSSR count). The maximum absolute atomic E-state index is 13.3. The molecule has 0 bridgehead atoms. The van der Waals surface area contributed by atoms with Gasteiger partial charge in [-0.15, -0.1) is 0 Å². The Balaban J connectivity index is 1.51. The molecule has 1 heterocycles. The lowest BCUT2D eigenvalue weighted by molar-refractivity contribution is -0.129. The van der Waals surface area contributed by atoms with Crippen LogP contribution in [0.15, 0.2) is 83.9 Å². The zero-order valence-electron chi connectivity index (χ0n) is 19.3. The Morgan fingerprint density at radius 3 is 2.63 bits per heavy atom. The smallest absolute Gasteiger partial charge is 0.238 e. The number of carbonyl (C=O) groups is 2. The van der Waals surface area contributed by atoms with Gasteiger partial charge in [0.05, 0.1) is 12.3 Å². The zero-order valence-corrected chi connectivity index (χ0v) is 20.1. The number of nitrogens with one attached hydrogen (secondary N) is 1. The van der Waals surface area contributed by atoms with E-state index in [1.165, 1.54) is 23.9 Å². The van der Waals surface area contributed by atoms with Crippen LogP contribution in [0.2, 0.25) is 0 Å². The van der Waals surface area contributed by atoms with Gasteiger partial charge in [0, 0.05) is 24.7 Å². The lowest BCUT2D eigenvalue weighted by Crippen LogP contribution is -2.46. The summed E-state index contributed by atoms with van der Waals surface area (Å²) < 4.78 is 18.8. The summed E-state index contributed by atoms with van der Waals surface area (Å²) in [4.78, 5) is 32.5. The van der Waals surface area contributed by atoms with Crippen LogP contribution in [-0.4, -0.2) is 40.3 Å². The molecule has 8 heteroatoms. The molecule has 1 aliphatic heterocycles. The van der Waals surface area contributed by atoms with E-state index in [0.717, 1.165) is 5.56 Å². The molecule has 1 saturated heterocycles. The molecule has 1 atom stereocenters. The molecule has 1 fully saturated rings. The van der Waals surface area contributed by atoms with Gasteiger partial charge in [-0.05, 0) is 55.3 Å². The summed E-state index contributed by atoms with van der Waals surface area (Å²) in [6, 6.07) is 22.7. The molecule has 0 saturated carbocycles. The Labute approximate surface area is 208 Å². The topological polar surface area (TPSA) is 71.0 Å². The van der Waals surface area contributed by atoms with E-state index in [9.17, 15) is 14.0 Å². The number of aliphatic imine (C=N–C) groups is 1. The molecular formula is C27H26FN3O3S. The molecule has 0 unspecified atom stereocenters. The number of anilines is 1. The SMILES string of the molecule is CCOc1cccc(NC(=O)[C@H]2CC(=O)N(CCc3ccc(F)cc3)C(=Nc3ccccc3)S2)c1. The molecule has 0 aliphatic carbocycles. The number of halogens is 1. The van der Waals surface area contributed by atoms with Crippen LogP contribution in [0.3, 0.4) is 0 Å². The average molecular weight is 492 g/mol. The summed E-state index contributed by atoms with van der Waals surface area (Å²) in [6.07, 6.45) is 0.598. The first-order chi connectivity index (χ1) is 17.0. The fourth-order valence-corrected chi connectivity index (χ4v) is 4.74. The van der Waals surface area contributed by atoms with Crippen molar-refractivity contribution >= 4 is 40.1 Å². The molecule has 1 N–H and O–H groups in total. The van der Waals surface area contributed by atoms with E-state index in [0.29, 0.717) is 41.9 Å². The second-order valence-corrected chi connectivity index (χ2v) is 9.08. The van der Waals surface area contributed by atoms with Crippen LogP contribution in [0.4, 0.5) is 15.8 Å². The number of para-hydroxylation sites is 1. The molecule has 35 heavy (non-hydrogen) atoms. The fourth-order valence-electron chi connectivity index (χ4n) is 3.62. The molecule has 3 aromatic rings. The second kappa shape index (κ2) is 11.7. The van der Waals surface area contributed by atoms with Crippen molar-refractivity contribution in [3.63, 3.8) is 0 Å². The minimum Gasteiger partial charge on any atom is -0.494 e. The summed E-state index contributed by atoms with van der Waals surface area (Å²) >= 11 is 1.27. The number of amides is 2. The third kappa shape index (κ3) is 6.70. The second-order valence-electron chi connectivity index (χ2n) is 7.91. The summed E-state index contributed by atoms with van der Waals surface area (Å²) in [5.41, 5.74) is 2.21. The van der Waals surface area contributed by atoms with Gasteiger partial charge < -0.3 is 10.1 Å². The number of rotatable bonds is 8. The number of nitrogens with zero attached hydrogens (tertiary/aromatic N) is 2. The van der Waals surface area contributed by atoms with E-state index >= 15 is 0 Å². The van der Waals surface area contributed by atoms with Gasteiger partial charge >= 0.3 is 0 Å². The third-order valence-corrected chi connectivity index (χ3v) is 6.55. The quantitative estimate of drug-likeness (QED) is 0.456. The first-order valence-corrected chi connectivity index (χ1v) is 12.3. The van der Waals surface area contributed by atoms with E-state index in [-0.39, 0.29) is 24.1 Å². The zero-order chi connectivity index (χ0) is 24.6. The van der Waals surface area contributed by atoms with Gasteiger partial charge in [-0.25, -0.2) is 9.38 Å². The predicted octanol–water partition coefficient (Wildman–Crippen LogP) is 5.43. The first kappa shape index (κ1) is 24.5. The van der Waals surface area contributed by atoms with E-state index in [1.54, 1.807) is 35.2 Å². The van der Waals surface area contributed by atoms with Crippen molar-refractivity contribution in [2.75, 3.05) is 18.5 Å². The van der Waals surface area contributed by atoms with Crippen molar-refractivity contribution in [2.45, 2.75) is 25.0 Å². The van der Waals surface area contributed by atoms with Crippen molar-refractivity contribution in [2.24, 2.45) is 4.99 Å². The van der Waals surface area contributed by atoms with Crippen LogP contribution in [0.5, 0.6) is 5.75 Å². The molecule has 180 valence electrons. The fraction of sp³-hybridized carbons (Fsp3) is 0.222. The van der Waals surface area contributed by atoms with Crippen LogP contribution >= 0.6 is 11.8 Å². The van der Waals surface area contributed by atoms with Gasteiger partial charge in [0.15, 0.2) is 5.17 Å². The largest absolute Gasteiger partial charge is 0.494 e. The summed E-state index contributed by atoms with van der Waals surface area (Å²) in [6.45, 7) is 2.80. The summed E-state index contributed by atoms with van der Waals surface area (Å²) in [5.74, 6) is -0.0824. The minimum absolute atomic E-state index is 0.0544. The van der Waals surface area contributed by atoms with E-state index in [2.05, 4.69) is 10.3 Å². The Morgan fingerprint density at radius 1 is 1.11 bits per heavy atom. The predicted molar refractivity (Wildman–Crippen MR) is 138 cm³/mol. The number of thioether (sulfide) groups is 1. The maximum atomic E-state index is 13.3. The van der Waals surface area contributed by atoms with E-state index < -0.39 is 5.25 Å². The molecule has 2 amide bonds. The Morgan fingerprint density at radius 2 is 1.89 bits per heavy atom. The first-order valence-electron chi connectivity index (χ1n) is 11.4. The average Bonchev–Trinajstić information content (AvgIpc) is 2.85. The number of benzene rings is 3. The third-order valence-electron chi connectivity index (χ3n) is 5.36. The highest BCUT2D eigenvalue weighted by molar-refractivity contribution is 8.15. The van der Waals surface area contributed by atoms with Gasteiger partial charge in [0.25, 0.3) is 0 Å². The number of amidine groups is 1. The van der Waals surface area contributed by atoms with Crippen LogP contribution in [0.25, 0.3) is 0 Å². The number of hydrogen-bond acceptors (Lipinski definition) is 5. The van der Waals surface area contributed by atoms with Crippen molar-refractivity contribution in [3.05, 3.63) is 90.2 Å². The van der Waals surface area contributed by atoms with Crippen molar-refractivity contribution in [1.29, 1.82) is 0 Å². The molecule has 6 nitrogen and oxygen atoms in total. The standard InChI is InChI=1S/C27H26FN3O3S/c1-2-34-23-10-6-9-22(17-23)29-26(33)24-18-25(32)31(16-15-19-11-13-20(28)14-12-19)27(35-24)30-21-7-4-3-5-8-21/h3-14,17,24H,2,15-16,18H2,1H3,(H,29,33)/t24-/m1/s1. The molecule has 0 spiro atoms. The molecule has 0 radical (unpaired) electrons. The van der Waals surface area contributed by atoms with Gasteiger partial charge in [-0.3, -0.25) is 14.5 Å². The summed E-state index contributed by atoms with van der Waals surface area (Å²) in [7, 11) is 0. The van der Waals surface area contributed by atoms with Crippen molar-refractivity contribution in [1.82, 2.24) is 4.90 Å². The van der Waals surface area contributed by atoms with E-state index in [1.807, 2.05) is 43.3 Å². The number of carbonyl (C=O) groups excluding carboxylic acids is 2. The Hall–Kier alpha value is -3.65. The van der Waals surface area contributed by atoms with Gasteiger partial charge in [-0.2, -0.15) is 0 Å². The maximum Gasteiger partial charge on any atom is 0.238 e. The summed E-state index contributed by atoms with van der Waals surface area (Å²) in [5, 5.41) is 2.74. The highest BCUT2D eigenvalue weighted by Crippen LogP contribution is 2.30. The minimum atomic E-state index is -0.622. The van der Waals surface area contributed by atoms with Crippen LogP contribution in [0, 0.1) is 5.82 Å². The van der Waals surface area contributed by atoms with Gasteiger partial charge in [0.2, 0.25) is 11.8 Å².